The first-order chi connectivity index (χ1) is 14.1. The Hall–Kier alpha value is -3.37. The Morgan fingerprint density at radius 2 is 1.79 bits per heavy atom. The van der Waals surface area contributed by atoms with Crippen molar-refractivity contribution in [2.24, 2.45) is 5.16 Å². The molecule has 4 rings (SSSR count). The number of rotatable bonds is 4. The number of pyridine rings is 1. The van der Waals surface area contributed by atoms with Crippen LogP contribution in [0.4, 0.5) is 11.4 Å². The third kappa shape index (κ3) is 3.80. The second-order valence-corrected chi connectivity index (χ2v) is 7.40. The SMILES string of the molecule is Cc1ccc(C)c(C(=NO)c2ccc(Nc3cncc4ccccc34)cc2Cl)c1. The molecule has 0 aliphatic rings. The molecule has 0 saturated heterocycles. The molecule has 0 bridgehead atoms. The largest absolute Gasteiger partial charge is 0.410 e. The van der Waals surface area contributed by atoms with E-state index in [4.69, 9.17) is 11.6 Å². The molecule has 0 unspecified atom stereocenters. The van der Waals surface area contributed by atoms with Crippen LogP contribution in [0.3, 0.4) is 0 Å². The monoisotopic (exact) mass is 401 g/mol. The molecule has 0 atom stereocenters. The van der Waals surface area contributed by atoms with E-state index in [1.807, 2.05) is 80.7 Å². The minimum absolute atomic E-state index is 0.453. The quantitative estimate of drug-likeness (QED) is 0.234. The van der Waals surface area contributed by atoms with Crippen molar-refractivity contribution in [3.05, 3.63) is 100 Å². The lowest BCUT2D eigenvalue weighted by molar-refractivity contribution is 0.319. The number of nitrogens with zero attached hydrogens (tertiary/aromatic N) is 2. The summed E-state index contributed by atoms with van der Waals surface area (Å²) in [6, 6.07) is 19.7. The Kier molecular flexibility index (Phi) is 5.19. The number of aromatic nitrogens is 1. The fourth-order valence-corrected chi connectivity index (χ4v) is 3.67. The van der Waals surface area contributed by atoms with Crippen LogP contribution < -0.4 is 5.32 Å². The van der Waals surface area contributed by atoms with Crippen LogP contribution in [0.1, 0.15) is 22.3 Å². The molecule has 29 heavy (non-hydrogen) atoms. The van der Waals surface area contributed by atoms with Gasteiger partial charge in [-0.15, -0.1) is 0 Å². The maximum atomic E-state index is 9.70. The van der Waals surface area contributed by atoms with E-state index in [-0.39, 0.29) is 0 Å². The molecular weight excluding hydrogens is 382 g/mol. The van der Waals surface area contributed by atoms with Gasteiger partial charge in [0.25, 0.3) is 0 Å². The summed E-state index contributed by atoms with van der Waals surface area (Å²) in [6.45, 7) is 3.99. The molecule has 0 spiro atoms. The van der Waals surface area contributed by atoms with Crippen molar-refractivity contribution in [3.8, 4) is 0 Å². The van der Waals surface area contributed by atoms with Crippen molar-refractivity contribution in [2.45, 2.75) is 13.8 Å². The van der Waals surface area contributed by atoms with Gasteiger partial charge in [0.2, 0.25) is 0 Å². The van der Waals surface area contributed by atoms with Gasteiger partial charge in [0, 0.05) is 33.8 Å². The average molecular weight is 402 g/mol. The minimum atomic E-state index is 0.453. The molecule has 2 N–H and O–H groups in total. The first-order valence-electron chi connectivity index (χ1n) is 9.26. The topological polar surface area (TPSA) is 57.5 Å². The standard InChI is InChI=1S/C24H20ClN3O/c1-15-7-8-16(2)21(11-15)24(28-29)20-10-9-18(12-22(20)25)27-23-14-26-13-17-5-3-4-6-19(17)23/h3-14,27,29H,1-2H3. The van der Waals surface area contributed by atoms with Gasteiger partial charge in [-0.1, -0.05) is 58.7 Å². The zero-order valence-corrected chi connectivity index (χ0v) is 16.9. The minimum Gasteiger partial charge on any atom is -0.410 e. The highest BCUT2D eigenvalue weighted by molar-refractivity contribution is 6.35. The molecule has 4 nitrogen and oxygen atoms in total. The van der Waals surface area contributed by atoms with E-state index >= 15 is 0 Å². The van der Waals surface area contributed by atoms with Crippen LogP contribution in [0, 0.1) is 13.8 Å². The lowest BCUT2D eigenvalue weighted by Crippen LogP contribution is -2.07. The van der Waals surface area contributed by atoms with E-state index in [0.29, 0.717) is 16.3 Å². The summed E-state index contributed by atoms with van der Waals surface area (Å²) in [5, 5.41) is 19.3. The lowest BCUT2D eigenvalue weighted by atomic mass is 9.96. The van der Waals surface area contributed by atoms with Crippen molar-refractivity contribution >= 4 is 39.5 Å². The number of hydrogen-bond acceptors (Lipinski definition) is 4. The fraction of sp³-hybridized carbons (Fsp3) is 0.0833. The van der Waals surface area contributed by atoms with Crippen LogP contribution in [0.25, 0.3) is 10.8 Å². The Labute approximate surface area is 174 Å². The highest BCUT2D eigenvalue weighted by atomic mass is 35.5. The molecule has 1 aromatic heterocycles. The zero-order chi connectivity index (χ0) is 20.4. The van der Waals surface area contributed by atoms with Crippen LogP contribution in [-0.2, 0) is 0 Å². The van der Waals surface area contributed by atoms with E-state index < -0.39 is 0 Å². The summed E-state index contributed by atoms with van der Waals surface area (Å²) in [6.07, 6.45) is 3.63. The van der Waals surface area contributed by atoms with E-state index in [1.54, 1.807) is 6.20 Å². The third-order valence-corrected chi connectivity index (χ3v) is 5.23. The van der Waals surface area contributed by atoms with Crippen LogP contribution >= 0.6 is 11.6 Å². The highest BCUT2D eigenvalue weighted by Crippen LogP contribution is 2.29. The zero-order valence-electron chi connectivity index (χ0n) is 16.1. The van der Waals surface area contributed by atoms with Gasteiger partial charge in [0.15, 0.2) is 0 Å². The molecule has 0 aliphatic carbocycles. The number of halogens is 1. The summed E-state index contributed by atoms with van der Waals surface area (Å²) < 4.78 is 0. The van der Waals surface area contributed by atoms with E-state index in [0.717, 1.165) is 38.8 Å². The van der Waals surface area contributed by atoms with E-state index in [1.165, 1.54) is 0 Å². The smallest absolute Gasteiger partial charge is 0.118 e. The summed E-state index contributed by atoms with van der Waals surface area (Å²) in [4.78, 5) is 4.30. The van der Waals surface area contributed by atoms with Crippen molar-refractivity contribution < 1.29 is 5.21 Å². The van der Waals surface area contributed by atoms with Crippen molar-refractivity contribution in [1.82, 2.24) is 4.98 Å². The van der Waals surface area contributed by atoms with Crippen molar-refractivity contribution in [1.29, 1.82) is 0 Å². The van der Waals surface area contributed by atoms with Gasteiger partial charge in [-0.2, -0.15) is 0 Å². The van der Waals surface area contributed by atoms with Gasteiger partial charge in [-0.3, -0.25) is 4.98 Å². The number of nitrogens with one attached hydrogen (secondary N) is 1. The molecule has 3 aromatic carbocycles. The first kappa shape index (κ1) is 19.0. The molecule has 0 amide bonds. The second-order valence-electron chi connectivity index (χ2n) is 6.99. The Bertz CT molecular complexity index is 1230. The van der Waals surface area contributed by atoms with Crippen LogP contribution in [-0.4, -0.2) is 15.9 Å². The Morgan fingerprint density at radius 3 is 2.59 bits per heavy atom. The molecule has 4 aromatic rings. The summed E-state index contributed by atoms with van der Waals surface area (Å²) in [5.41, 5.74) is 5.81. The molecule has 0 radical (unpaired) electrons. The van der Waals surface area contributed by atoms with Crippen molar-refractivity contribution in [3.63, 3.8) is 0 Å². The maximum Gasteiger partial charge on any atom is 0.118 e. The normalized spacial score (nSPS) is 11.6. The number of hydrogen-bond donors (Lipinski definition) is 2. The number of anilines is 2. The van der Waals surface area contributed by atoms with Crippen LogP contribution in [0.2, 0.25) is 5.02 Å². The third-order valence-electron chi connectivity index (χ3n) is 4.92. The molecule has 0 aliphatic heterocycles. The van der Waals surface area contributed by atoms with Gasteiger partial charge >= 0.3 is 0 Å². The number of oxime groups is 1. The number of aryl methyl sites for hydroxylation is 2. The highest BCUT2D eigenvalue weighted by Gasteiger charge is 2.15. The maximum absolute atomic E-state index is 9.70. The predicted molar refractivity (Wildman–Crippen MR) is 120 cm³/mol. The summed E-state index contributed by atoms with van der Waals surface area (Å²) in [5.74, 6) is 0. The van der Waals surface area contributed by atoms with Crippen LogP contribution in [0.15, 0.2) is 78.2 Å². The molecule has 144 valence electrons. The Balaban J connectivity index is 1.70. The second kappa shape index (κ2) is 7.94. The molecule has 0 saturated carbocycles. The molecular formula is C24H20ClN3O. The molecule has 1 heterocycles. The van der Waals surface area contributed by atoms with Gasteiger partial charge < -0.3 is 10.5 Å². The first-order valence-corrected chi connectivity index (χ1v) is 9.64. The number of benzene rings is 3. The van der Waals surface area contributed by atoms with E-state index in [2.05, 4.69) is 15.5 Å². The predicted octanol–water partition coefficient (Wildman–Crippen LogP) is 6.48. The Morgan fingerprint density at radius 1 is 0.966 bits per heavy atom. The van der Waals surface area contributed by atoms with Crippen molar-refractivity contribution in [2.75, 3.05) is 5.32 Å². The summed E-state index contributed by atoms with van der Waals surface area (Å²) >= 11 is 6.58. The van der Waals surface area contributed by atoms with E-state index in [9.17, 15) is 5.21 Å². The molecule has 5 heteroatoms. The van der Waals surface area contributed by atoms with Gasteiger partial charge in [-0.05, 0) is 43.7 Å². The lowest BCUT2D eigenvalue weighted by Gasteiger charge is -2.14. The van der Waals surface area contributed by atoms with Gasteiger partial charge in [-0.25, -0.2) is 0 Å². The average Bonchev–Trinajstić information content (AvgIpc) is 2.73. The molecule has 0 fully saturated rings. The van der Waals surface area contributed by atoms with Gasteiger partial charge in [0.05, 0.1) is 16.9 Å². The number of fused-ring (bicyclic) bond motifs is 1. The van der Waals surface area contributed by atoms with Crippen LogP contribution in [0.5, 0.6) is 0 Å². The summed E-state index contributed by atoms with van der Waals surface area (Å²) in [7, 11) is 0. The fourth-order valence-electron chi connectivity index (χ4n) is 3.40. The van der Waals surface area contributed by atoms with Gasteiger partial charge in [0.1, 0.15) is 5.71 Å².